The fourth-order valence-electron chi connectivity index (χ4n) is 3.86. The van der Waals surface area contributed by atoms with Crippen LogP contribution in [0.3, 0.4) is 0 Å². The number of amides is 2. The molecular weight excluding hydrogens is 526 g/mol. The standard InChI is InChI=1S/C24H19BrClN3O5/c25-18-11-27-21(9-19(18)26)29-23(32)20(10-22(30)31)28-24(33)34-12-17-15-7-3-1-5-13(15)14-6-2-4-8-16(14)17/h1-9,11,17,20H,10,12H2,(H,28,33)(H,30,31)(H,27,29,32). The van der Waals surface area contributed by atoms with Gasteiger partial charge in [-0.25, -0.2) is 9.78 Å². The van der Waals surface area contributed by atoms with Crippen molar-refractivity contribution in [1.82, 2.24) is 10.3 Å². The second-order valence-corrected chi connectivity index (χ2v) is 8.85. The van der Waals surface area contributed by atoms with E-state index in [1.54, 1.807) is 0 Å². The quantitative estimate of drug-likeness (QED) is 0.393. The maximum Gasteiger partial charge on any atom is 0.407 e. The van der Waals surface area contributed by atoms with Gasteiger partial charge in [0, 0.05) is 18.2 Å². The Hall–Kier alpha value is -3.43. The number of carboxylic acids is 1. The molecule has 0 radical (unpaired) electrons. The van der Waals surface area contributed by atoms with Gasteiger partial charge >= 0.3 is 12.1 Å². The van der Waals surface area contributed by atoms with E-state index in [0.29, 0.717) is 9.50 Å². The van der Waals surface area contributed by atoms with Crippen LogP contribution in [0.1, 0.15) is 23.5 Å². The number of aliphatic carboxylic acids is 1. The van der Waals surface area contributed by atoms with Crippen LogP contribution >= 0.6 is 27.5 Å². The molecule has 1 heterocycles. The van der Waals surface area contributed by atoms with E-state index in [4.69, 9.17) is 16.3 Å². The van der Waals surface area contributed by atoms with Gasteiger partial charge in [-0.3, -0.25) is 9.59 Å². The molecule has 4 rings (SSSR count). The molecule has 1 aliphatic rings. The Morgan fingerprint density at radius 1 is 1.09 bits per heavy atom. The lowest BCUT2D eigenvalue weighted by molar-refractivity contribution is -0.139. The smallest absolute Gasteiger partial charge is 0.407 e. The number of nitrogens with one attached hydrogen (secondary N) is 2. The highest BCUT2D eigenvalue weighted by molar-refractivity contribution is 9.10. The van der Waals surface area contributed by atoms with Gasteiger partial charge in [-0.1, -0.05) is 60.1 Å². The summed E-state index contributed by atoms with van der Waals surface area (Å²) in [6, 6.07) is 15.8. The van der Waals surface area contributed by atoms with E-state index in [-0.39, 0.29) is 18.3 Å². The topological polar surface area (TPSA) is 118 Å². The third-order valence-corrected chi connectivity index (χ3v) is 6.56. The number of nitrogens with zero attached hydrogens (tertiary/aromatic N) is 1. The fraction of sp³-hybridized carbons (Fsp3) is 0.167. The number of rotatable bonds is 7. The van der Waals surface area contributed by atoms with Crippen molar-refractivity contribution in [2.75, 3.05) is 11.9 Å². The van der Waals surface area contributed by atoms with Gasteiger partial charge in [-0.2, -0.15) is 0 Å². The molecule has 2 amide bonds. The van der Waals surface area contributed by atoms with Crippen molar-refractivity contribution in [2.45, 2.75) is 18.4 Å². The van der Waals surface area contributed by atoms with Crippen molar-refractivity contribution < 1.29 is 24.2 Å². The van der Waals surface area contributed by atoms with Crippen LogP contribution < -0.4 is 10.6 Å². The van der Waals surface area contributed by atoms with Crippen molar-refractivity contribution in [3.8, 4) is 11.1 Å². The zero-order chi connectivity index (χ0) is 24.2. The normalized spacial score (nSPS) is 12.9. The zero-order valence-corrected chi connectivity index (χ0v) is 20.0. The Balaban J connectivity index is 1.43. The summed E-state index contributed by atoms with van der Waals surface area (Å²) < 4.78 is 5.95. The number of benzene rings is 2. The minimum Gasteiger partial charge on any atom is -0.481 e. The summed E-state index contributed by atoms with van der Waals surface area (Å²) in [5, 5.41) is 14.3. The number of fused-ring (bicyclic) bond motifs is 3. The molecule has 1 aliphatic carbocycles. The fourth-order valence-corrected chi connectivity index (χ4v) is 4.23. The molecule has 0 spiro atoms. The number of halogens is 2. The molecule has 0 fully saturated rings. The van der Waals surface area contributed by atoms with Crippen molar-refractivity contribution in [3.63, 3.8) is 0 Å². The molecule has 1 unspecified atom stereocenters. The van der Waals surface area contributed by atoms with Crippen LogP contribution in [0.2, 0.25) is 5.02 Å². The highest BCUT2D eigenvalue weighted by atomic mass is 79.9. The van der Waals surface area contributed by atoms with E-state index < -0.39 is 30.4 Å². The Morgan fingerprint density at radius 2 is 1.71 bits per heavy atom. The zero-order valence-electron chi connectivity index (χ0n) is 17.6. The molecule has 0 bridgehead atoms. The van der Waals surface area contributed by atoms with Crippen LogP contribution in [-0.4, -0.2) is 40.7 Å². The van der Waals surface area contributed by atoms with Crippen molar-refractivity contribution in [2.24, 2.45) is 0 Å². The summed E-state index contributed by atoms with van der Waals surface area (Å²) in [4.78, 5) is 40.4. The van der Waals surface area contributed by atoms with Gasteiger partial charge in [0.05, 0.1) is 15.9 Å². The molecule has 0 aliphatic heterocycles. The van der Waals surface area contributed by atoms with Gasteiger partial charge in [0.15, 0.2) is 0 Å². The SMILES string of the molecule is O=C(O)CC(NC(=O)OCC1c2ccccc2-c2ccccc21)C(=O)Nc1cc(Cl)c(Br)cn1. The highest BCUT2D eigenvalue weighted by Crippen LogP contribution is 2.44. The first-order valence-corrected chi connectivity index (χ1v) is 11.5. The van der Waals surface area contributed by atoms with Gasteiger partial charge in [0.25, 0.3) is 0 Å². The summed E-state index contributed by atoms with van der Waals surface area (Å²) in [5.41, 5.74) is 4.23. The third-order valence-electron chi connectivity index (χ3n) is 5.39. The number of carboxylic acid groups (broad SMARTS) is 1. The Labute approximate surface area is 208 Å². The van der Waals surface area contributed by atoms with E-state index in [0.717, 1.165) is 22.3 Å². The molecule has 3 N–H and O–H groups in total. The monoisotopic (exact) mass is 543 g/mol. The van der Waals surface area contributed by atoms with Crippen LogP contribution in [-0.2, 0) is 14.3 Å². The minimum absolute atomic E-state index is 0.0329. The Bertz CT molecular complexity index is 1220. The first-order valence-electron chi connectivity index (χ1n) is 10.3. The first kappa shape index (κ1) is 23.7. The van der Waals surface area contributed by atoms with E-state index in [1.807, 2.05) is 48.5 Å². The number of carbonyl (C=O) groups excluding carboxylic acids is 2. The number of pyridine rings is 1. The number of hydrogen-bond donors (Lipinski definition) is 3. The van der Waals surface area contributed by atoms with Gasteiger partial charge in [0.1, 0.15) is 18.5 Å². The van der Waals surface area contributed by atoms with Gasteiger partial charge in [-0.05, 0) is 38.2 Å². The largest absolute Gasteiger partial charge is 0.481 e. The number of carbonyl (C=O) groups is 3. The number of alkyl carbamates (subject to hydrolysis) is 1. The Morgan fingerprint density at radius 3 is 2.29 bits per heavy atom. The minimum atomic E-state index is -1.38. The predicted octanol–water partition coefficient (Wildman–Crippen LogP) is 4.82. The number of aromatic nitrogens is 1. The molecular formula is C24H19BrClN3O5. The predicted molar refractivity (Wildman–Crippen MR) is 130 cm³/mol. The first-order chi connectivity index (χ1) is 16.3. The van der Waals surface area contributed by atoms with Crippen LogP contribution in [0.5, 0.6) is 0 Å². The molecule has 3 aromatic rings. The third kappa shape index (κ3) is 5.21. The number of ether oxygens (including phenoxy) is 1. The summed E-state index contributed by atoms with van der Waals surface area (Å²) in [5.74, 6) is -2.08. The lowest BCUT2D eigenvalue weighted by atomic mass is 9.98. The second-order valence-electron chi connectivity index (χ2n) is 7.59. The summed E-state index contributed by atoms with van der Waals surface area (Å²) in [7, 11) is 0. The molecule has 10 heteroatoms. The molecule has 2 aromatic carbocycles. The molecule has 1 atom stereocenters. The van der Waals surface area contributed by atoms with E-state index >= 15 is 0 Å². The maximum atomic E-state index is 12.6. The maximum absolute atomic E-state index is 12.6. The average Bonchev–Trinajstić information content (AvgIpc) is 3.13. The molecule has 0 saturated carbocycles. The average molecular weight is 545 g/mol. The molecule has 34 heavy (non-hydrogen) atoms. The molecule has 8 nitrogen and oxygen atoms in total. The van der Waals surface area contributed by atoms with Crippen LogP contribution in [0.25, 0.3) is 11.1 Å². The van der Waals surface area contributed by atoms with E-state index in [2.05, 4.69) is 31.5 Å². The van der Waals surface area contributed by atoms with Crippen LogP contribution in [0.15, 0.2) is 65.3 Å². The van der Waals surface area contributed by atoms with E-state index in [1.165, 1.54) is 12.3 Å². The lowest BCUT2D eigenvalue weighted by Crippen LogP contribution is -2.45. The molecule has 174 valence electrons. The van der Waals surface area contributed by atoms with Gasteiger partial charge < -0.3 is 20.5 Å². The lowest BCUT2D eigenvalue weighted by Gasteiger charge is -2.18. The summed E-state index contributed by atoms with van der Waals surface area (Å²) in [6.07, 6.45) is -0.145. The molecule has 0 saturated heterocycles. The number of anilines is 1. The van der Waals surface area contributed by atoms with E-state index in [9.17, 15) is 19.5 Å². The summed E-state index contributed by atoms with van der Waals surface area (Å²) in [6.45, 7) is 0.0329. The highest BCUT2D eigenvalue weighted by Gasteiger charge is 2.30. The van der Waals surface area contributed by atoms with Crippen molar-refractivity contribution in [3.05, 3.63) is 81.4 Å². The van der Waals surface area contributed by atoms with Crippen molar-refractivity contribution >= 4 is 51.3 Å². The second kappa shape index (κ2) is 10.2. The Kier molecular flexibility index (Phi) is 7.14. The van der Waals surface area contributed by atoms with Gasteiger partial charge in [-0.15, -0.1) is 0 Å². The van der Waals surface area contributed by atoms with Crippen LogP contribution in [0, 0.1) is 0 Å². The molecule has 1 aromatic heterocycles. The summed E-state index contributed by atoms with van der Waals surface area (Å²) >= 11 is 9.20. The van der Waals surface area contributed by atoms with Crippen molar-refractivity contribution in [1.29, 1.82) is 0 Å². The number of hydrogen-bond acceptors (Lipinski definition) is 5. The van der Waals surface area contributed by atoms with Gasteiger partial charge in [0.2, 0.25) is 5.91 Å². The van der Waals surface area contributed by atoms with Crippen LogP contribution in [0.4, 0.5) is 10.6 Å².